The number of aromatic nitrogens is 1. The van der Waals surface area contributed by atoms with Gasteiger partial charge >= 0.3 is 11.6 Å². The molecule has 2 heterocycles. The van der Waals surface area contributed by atoms with Gasteiger partial charge in [0, 0.05) is 11.8 Å². The van der Waals surface area contributed by atoms with Crippen LogP contribution in [0.5, 0.6) is 11.5 Å². The molecule has 0 radical (unpaired) electrons. The van der Waals surface area contributed by atoms with Gasteiger partial charge in [0.1, 0.15) is 11.1 Å². The number of methoxy groups -OCH3 is 3. The van der Waals surface area contributed by atoms with Gasteiger partial charge in [-0.25, -0.2) is 9.59 Å². The van der Waals surface area contributed by atoms with Crippen LogP contribution in [0.1, 0.15) is 10.4 Å². The summed E-state index contributed by atoms with van der Waals surface area (Å²) in [4.78, 5) is 25.2. The molecule has 7 heteroatoms. The van der Waals surface area contributed by atoms with E-state index in [2.05, 4.69) is 0 Å². The summed E-state index contributed by atoms with van der Waals surface area (Å²) in [5.41, 5.74) is 1.91. The van der Waals surface area contributed by atoms with E-state index in [-0.39, 0.29) is 11.1 Å². The minimum atomic E-state index is -0.630. The third-order valence-electron chi connectivity index (χ3n) is 4.61. The summed E-state index contributed by atoms with van der Waals surface area (Å²) >= 11 is 0. The Morgan fingerprint density at radius 3 is 2.46 bits per heavy atom. The molecule has 0 atom stereocenters. The van der Waals surface area contributed by atoms with E-state index in [4.69, 9.17) is 18.6 Å². The third-order valence-corrected chi connectivity index (χ3v) is 4.61. The first-order valence-corrected chi connectivity index (χ1v) is 8.46. The first-order chi connectivity index (χ1) is 13.6. The fourth-order valence-corrected chi connectivity index (χ4v) is 3.32. The molecule has 0 N–H and O–H groups in total. The van der Waals surface area contributed by atoms with E-state index >= 15 is 0 Å². The topological polar surface area (TPSA) is 79.4 Å². The lowest BCUT2D eigenvalue weighted by molar-refractivity contribution is 0.0603. The van der Waals surface area contributed by atoms with Gasteiger partial charge in [-0.2, -0.15) is 0 Å². The van der Waals surface area contributed by atoms with Gasteiger partial charge in [-0.3, -0.25) is 0 Å². The van der Waals surface area contributed by atoms with E-state index in [9.17, 15) is 9.59 Å². The molecule has 28 heavy (non-hydrogen) atoms. The van der Waals surface area contributed by atoms with Gasteiger partial charge in [-0.05, 0) is 29.8 Å². The number of fused-ring (bicyclic) bond motifs is 3. The summed E-state index contributed by atoms with van der Waals surface area (Å²) in [6.45, 7) is 0. The highest BCUT2D eigenvalue weighted by molar-refractivity contribution is 6.05. The number of nitrogens with zero attached hydrogens (tertiary/aromatic N) is 1. The first-order valence-electron chi connectivity index (χ1n) is 8.46. The first kappa shape index (κ1) is 17.7. The maximum atomic E-state index is 12.7. The SMILES string of the molecule is COC(=O)c1c(-c2ccc(OC)c(OC)c2)cn2c1c(=O)oc1ccccc12. The van der Waals surface area contributed by atoms with Crippen LogP contribution in [0, 0.1) is 0 Å². The molecule has 142 valence electrons. The molecule has 0 saturated carbocycles. The van der Waals surface area contributed by atoms with Crippen molar-refractivity contribution >= 4 is 22.6 Å². The van der Waals surface area contributed by atoms with Gasteiger partial charge in [0.2, 0.25) is 0 Å². The van der Waals surface area contributed by atoms with E-state index in [1.165, 1.54) is 14.2 Å². The monoisotopic (exact) mass is 379 g/mol. The molecule has 0 aliphatic carbocycles. The van der Waals surface area contributed by atoms with Gasteiger partial charge in [-0.15, -0.1) is 0 Å². The lowest BCUT2D eigenvalue weighted by Gasteiger charge is -2.09. The Labute approximate surface area is 159 Å². The second kappa shape index (κ2) is 6.77. The number of carbonyl (C=O) groups is 1. The standard InChI is InChI=1S/C21H17NO6/c1-25-16-9-8-12(10-17(16)26-2)13-11-22-14-6-4-5-7-15(14)28-21(24)19(22)18(13)20(23)27-3/h4-11H,1-3H3. The second-order valence-corrected chi connectivity index (χ2v) is 6.05. The molecule has 2 aromatic heterocycles. The average molecular weight is 379 g/mol. The largest absolute Gasteiger partial charge is 0.493 e. The van der Waals surface area contributed by atoms with E-state index in [0.29, 0.717) is 33.7 Å². The Morgan fingerprint density at radius 1 is 1.00 bits per heavy atom. The molecule has 4 aromatic rings. The van der Waals surface area contributed by atoms with Gasteiger partial charge in [0.25, 0.3) is 0 Å². The van der Waals surface area contributed by atoms with Crippen LogP contribution in [-0.4, -0.2) is 31.7 Å². The number of hydrogen-bond acceptors (Lipinski definition) is 6. The molecule has 2 aromatic carbocycles. The molecule has 7 nitrogen and oxygen atoms in total. The summed E-state index contributed by atoms with van der Waals surface area (Å²) < 4.78 is 22.6. The summed E-state index contributed by atoms with van der Waals surface area (Å²) in [5, 5.41) is 0. The molecule has 0 aliphatic rings. The van der Waals surface area contributed by atoms with Gasteiger partial charge in [0.05, 0.1) is 26.8 Å². The Morgan fingerprint density at radius 2 is 1.75 bits per heavy atom. The fraction of sp³-hybridized carbons (Fsp3) is 0.143. The molecule has 0 spiro atoms. The maximum absolute atomic E-state index is 12.7. The van der Waals surface area contributed by atoms with Crippen LogP contribution in [0.2, 0.25) is 0 Å². The normalized spacial score (nSPS) is 11.0. The minimum absolute atomic E-state index is 0.121. The highest BCUT2D eigenvalue weighted by Crippen LogP contribution is 2.36. The van der Waals surface area contributed by atoms with Crippen molar-refractivity contribution in [3.63, 3.8) is 0 Å². The van der Waals surface area contributed by atoms with Crippen LogP contribution >= 0.6 is 0 Å². The Bertz CT molecular complexity index is 1270. The maximum Gasteiger partial charge on any atom is 0.361 e. The predicted molar refractivity (Wildman–Crippen MR) is 103 cm³/mol. The van der Waals surface area contributed by atoms with Crippen LogP contribution in [0.3, 0.4) is 0 Å². The van der Waals surface area contributed by atoms with Crippen LogP contribution in [0.15, 0.2) is 57.9 Å². The van der Waals surface area contributed by atoms with Gasteiger partial charge in [-0.1, -0.05) is 18.2 Å². The third kappa shape index (κ3) is 2.60. The number of rotatable bonds is 4. The predicted octanol–water partition coefficient (Wildman–Crippen LogP) is 3.52. The van der Waals surface area contributed by atoms with E-state index in [1.54, 1.807) is 48.0 Å². The zero-order chi connectivity index (χ0) is 19.8. The van der Waals surface area contributed by atoms with Crippen molar-refractivity contribution in [1.29, 1.82) is 0 Å². The Balaban J connectivity index is 2.11. The number of ether oxygens (including phenoxy) is 3. The Hall–Kier alpha value is -3.74. The summed E-state index contributed by atoms with van der Waals surface area (Å²) in [5.74, 6) is 0.428. The quantitative estimate of drug-likeness (QED) is 0.505. The smallest absolute Gasteiger partial charge is 0.361 e. The molecule has 0 saturated heterocycles. The second-order valence-electron chi connectivity index (χ2n) is 6.05. The number of benzene rings is 2. The average Bonchev–Trinajstić information content (AvgIpc) is 3.14. The molecule has 0 aliphatic heterocycles. The van der Waals surface area contributed by atoms with Crippen molar-refractivity contribution in [1.82, 2.24) is 4.40 Å². The van der Waals surface area contributed by atoms with Gasteiger partial charge < -0.3 is 23.0 Å². The molecule has 0 amide bonds. The molecular weight excluding hydrogens is 362 g/mol. The van der Waals surface area contributed by atoms with Crippen LogP contribution in [0.25, 0.3) is 27.7 Å². The van der Waals surface area contributed by atoms with Crippen molar-refractivity contribution in [2.45, 2.75) is 0 Å². The molecular formula is C21H17NO6. The highest BCUT2D eigenvalue weighted by atomic mass is 16.5. The Kier molecular flexibility index (Phi) is 4.27. The van der Waals surface area contributed by atoms with Crippen molar-refractivity contribution in [3.05, 3.63) is 64.6 Å². The van der Waals surface area contributed by atoms with Crippen LogP contribution in [0.4, 0.5) is 0 Å². The lowest BCUT2D eigenvalue weighted by Crippen LogP contribution is -2.10. The van der Waals surface area contributed by atoms with Gasteiger partial charge in [0.15, 0.2) is 17.1 Å². The zero-order valence-corrected chi connectivity index (χ0v) is 15.5. The van der Waals surface area contributed by atoms with Crippen molar-refractivity contribution in [2.24, 2.45) is 0 Å². The van der Waals surface area contributed by atoms with Crippen LogP contribution < -0.4 is 15.1 Å². The summed E-state index contributed by atoms with van der Waals surface area (Å²) in [7, 11) is 4.34. The van der Waals surface area contributed by atoms with E-state index < -0.39 is 11.6 Å². The number of esters is 1. The van der Waals surface area contributed by atoms with Crippen molar-refractivity contribution in [2.75, 3.05) is 21.3 Å². The van der Waals surface area contributed by atoms with E-state index in [1.807, 2.05) is 12.1 Å². The lowest BCUT2D eigenvalue weighted by atomic mass is 10.0. The fourth-order valence-electron chi connectivity index (χ4n) is 3.32. The minimum Gasteiger partial charge on any atom is -0.493 e. The molecule has 0 fully saturated rings. The summed E-state index contributed by atoms with van der Waals surface area (Å²) in [6, 6.07) is 12.4. The van der Waals surface area contributed by atoms with Crippen molar-refractivity contribution in [3.8, 4) is 22.6 Å². The molecule has 4 rings (SSSR count). The number of carbonyl (C=O) groups excluding carboxylic acids is 1. The molecule has 0 unspecified atom stereocenters. The summed E-state index contributed by atoms with van der Waals surface area (Å²) in [6.07, 6.45) is 1.72. The van der Waals surface area contributed by atoms with Crippen LogP contribution in [-0.2, 0) is 4.74 Å². The van der Waals surface area contributed by atoms with Crippen molar-refractivity contribution < 1.29 is 23.4 Å². The van der Waals surface area contributed by atoms with E-state index in [0.717, 1.165) is 0 Å². The highest BCUT2D eigenvalue weighted by Gasteiger charge is 2.25. The zero-order valence-electron chi connectivity index (χ0n) is 15.5. The molecule has 0 bridgehead atoms. The number of hydrogen-bond donors (Lipinski definition) is 0. The number of para-hydroxylation sites is 2.